The molecule has 3 aliphatic rings. The van der Waals surface area contributed by atoms with Crippen molar-refractivity contribution in [3.05, 3.63) is 47.5 Å². The van der Waals surface area contributed by atoms with Crippen LogP contribution in [0.1, 0.15) is 38.7 Å². The number of hydrogen-bond acceptors (Lipinski definition) is 4. The normalized spacial score (nSPS) is 22.2. The van der Waals surface area contributed by atoms with Gasteiger partial charge in [-0.2, -0.15) is 0 Å². The molecule has 0 unspecified atom stereocenters. The van der Waals surface area contributed by atoms with Gasteiger partial charge in [0.1, 0.15) is 17.2 Å². The quantitative estimate of drug-likeness (QED) is 0.569. The largest absolute Gasteiger partial charge is 0.444 e. The van der Waals surface area contributed by atoms with Crippen LogP contribution in [0.2, 0.25) is 0 Å². The van der Waals surface area contributed by atoms with Crippen molar-refractivity contribution in [1.29, 1.82) is 0 Å². The first-order valence-corrected chi connectivity index (χ1v) is 11.7. The van der Waals surface area contributed by atoms with Crippen LogP contribution in [0.4, 0.5) is 19.3 Å². The molecule has 0 aromatic heterocycles. The first kappa shape index (κ1) is 20.6. The minimum atomic E-state index is -0.557. The van der Waals surface area contributed by atoms with Crippen LogP contribution in [0.3, 0.4) is 0 Å². The molecule has 2 atom stereocenters. The average Bonchev–Trinajstić information content (AvgIpc) is 3.02. The maximum atomic E-state index is 14.5. The highest BCUT2D eigenvalue weighted by molar-refractivity contribution is 7.99. The molecule has 1 saturated heterocycles. The van der Waals surface area contributed by atoms with Crippen molar-refractivity contribution in [2.75, 3.05) is 30.3 Å². The molecule has 2 aromatic carbocycles. The van der Waals surface area contributed by atoms with Gasteiger partial charge in [0, 0.05) is 42.2 Å². The average molecular weight is 445 g/mol. The van der Waals surface area contributed by atoms with E-state index in [-0.39, 0.29) is 17.6 Å². The van der Waals surface area contributed by atoms with E-state index in [1.165, 1.54) is 23.9 Å². The SMILES string of the molecule is CC(C)(C)OC(=O)N1CC[C@H]2[C@@H](C1)c1cc(-c3c(F)cccc3F)cc3c1N2CCS3. The lowest BCUT2D eigenvalue weighted by atomic mass is 9.88. The monoisotopic (exact) mass is 444 g/mol. The fourth-order valence-electron chi connectivity index (χ4n) is 5.06. The molecule has 0 spiro atoms. The first-order chi connectivity index (χ1) is 14.7. The van der Waals surface area contributed by atoms with E-state index in [0.29, 0.717) is 24.7 Å². The molecule has 5 rings (SSSR count). The third-order valence-corrected chi connectivity index (χ3v) is 7.27. The molecule has 7 heteroatoms. The number of hydrogen-bond donors (Lipinski definition) is 0. The number of thioether (sulfide) groups is 1. The van der Waals surface area contributed by atoms with Gasteiger partial charge in [0.15, 0.2) is 0 Å². The molecule has 164 valence electrons. The first-order valence-electron chi connectivity index (χ1n) is 10.7. The van der Waals surface area contributed by atoms with Gasteiger partial charge in [-0.05, 0) is 62.6 Å². The maximum Gasteiger partial charge on any atom is 0.410 e. The molecule has 0 aliphatic carbocycles. The molecule has 0 saturated carbocycles. The predicted octanol–water partition coefficient (Wildman–Crippen LogP) is 5.65. The number of ether oxygens (including phenoxy) is 1. The van der Waals surface area contributed by atoms with Gasteiger partial charge in [-0.1, -0.05) is 6.07 Å². The lowest BCUT2D eigenvalue weighted by Crippen LogP contribution is -2.50. The number of rotatable bonds is 1. The van der Waals surface area contributed by atoms with Crippen LogP contribution in [-0.4, -0.2) is 48.0 Å². The van der Waals surface area contributed by atoms with Crippen molar-refractivity contribution in [3.8, 4) is 11.1 Å². The lowest BCUT2D eigenvalue weighted by molar-refractivity contribution is 0.0189. The van der Waals surface area contributed by atoms with E-state index in [2.05, 4.69) is 4.90 Å². The molecular formula is C24H26F2N2O2S. The Morgan fingerprint density at radius 2 is 1.90 bits per heavy atom. The molecule has 0 N–H and O–H groups in total. The standard InChI is InChI=1S/C24H26F2N2O2S/c1-24(2,3)30-23(29)27-8-7-19-16(13-27)15-11-14(21-17(25)5-4-6-18(21)26)12-20-22(15)28(19)9-10-31-20/h4-6,11-12,16,19H,7-10,13H2,1-3H3/t16-,19-/m0/s1. The van der Waals surface area contributed by atoms with Crippen LogP contribution in [0.5, 0.6) is 0 Å². The van der Waals surface area contributed by atoms with Crippen LogP contribution >= 0.6 is 11.8 Å². The molecule has 1 amide bonds. The summed E-state index contributed by atoms with van der Waals surface area (Å²) in [6.45, 7) is 7.75. The number of anilines is 1. The zero-order chi connectivity index (χ0) is 21.9. The zero-order valence-electron chi connectivity index (χ0n) is 18.0. The van der Waals surface area contributed by atoms with Gasteiger partial charge in [-0.3, -0.25) is 0 Å². The lowest BCUT2D eigenvalue weighted by Gasteiger charge is -2.40. The van der Waals surface area contributed by atoms with Crippen molar-refractivity contribution in [2.45, 2.75) is 49.6 Å². The van der Waals surface area contributed by atoms with Crippen LogP contribution in [0.25, 0.3) is 11.1 Å². The predicted molar refractivity (Wildman–Crippen MR) is 119 cm³/mol. The van der Waals surface area contributed by atoms with Crippen LogP contribution in [0, 0.1) is 11.6 Å². The molecule has 4 nitrogen and oxygen atoms in total. The second-order valence-electron chi connectivity index (χ2n) is 9.44. The van der Waals surface area contributed by atoms with Crippen LogP contribution in [-0.2, 0) is 4.74 Å². The number of benzene rings is 2. The van der Waals surface area contributed by atoms with Gasteiger partial charge in [0.25, 0.3) is 0 Å². The Morgan fingerprint density at radius 1 is 1.16 bits per heavy atom. The van der Waals surface area contributed by atoms with E-state index in [1.54, 1.807) is 16.7 Å². The smallest absolute Gasteiger partial charge is 0.410 e. The number of fused-ring (bicyclic) bond motifs is 3. The Kier molecular flexibility index (Phi) is 4.92. The van der Waals surface area contributed by atoms with Gasteiger partial charge in [0.2, 0.25) is 0 Å². The summed E-state index contributed by atoms with van der Waals surface area (Å²) in [6.07, 6.45) is 0.554. The van der Waals surface area contributed by atoms with Crippen molar-refractivity contribution in [2.24, 2.45) is 0 Å². The molecular weight excluding hydrogens is 418 g/mol. The van der Waals surface area contributed by atoms with Crippen LogP contribution in [0.15, 0.2) is 35.2 Å². The summed E-state index contributed by atoms with van der Waals surface area (Å²) in [5, 5.41) is 0. The highest BCUT2D eigenvalue weighted by atomic mass is 32.2. The number of carbonyl (C=O) groups is 1. The topological polar surface area (TPSA) is 32.8 Å². The number of halogens is 2. The van der Waals surface area contributed by atoms with Crippen molar-refractivity contribution >= 4 is 23.5 Å². The van der Waals surface area contributed by atoms with E-state index in [4.69, 9.17) is 4.74 Å². The van der Waals surface area contributed by atoms with Crippen molar-refractivity contribution < 1.29 is 18.3 Å². The van der Waals surface area contributed by atoms with Crippen LogP contribution < -0.4 is 4.90 Å². The Bertz CT molecular complexity index is 1030. The maximum absolute atomic E-state index is 14.5. The highest BCUT2D eigenvalue weighted by Crippen LogP contribution is 2.52. The second-order valence-corrected chi connectivity index (χ2v) is 10.6. The number of carbonyl (C=O) groups excluding carboxylic acids is 1. The third-order valence-electron chi connectivity index (χ3n) is 6.26. The van der Waals surface area contributed by atoms with E-state index < -0.39 is 17.2 Å². The third kappa shape index (κ3) is 3.56. The second kappa shape index (κ2) is 7.40. The van der Waals surface area contributed by atoms with E-state index in [9.17, 15) is 13.6 Å². The Hall–Kier alpha value is -2.28. The van der Waals surface area contributed by atoms with E-state index >= 15 is 0 Å². The molecule has 3 heterocycles. The summed E-state index contributed by atoms with van der Waals surface area (Å²) in [4.78, 5) is 18.0. The Morgan fingerprint density at radius 3 is 2.61 bits per heavy atom. The summed E-state index contributed by atoms with van der Waals surface area (Å²) >= 11 is 1.74. The molecule has 0 bridgehead atoms. The van der Waals surface area contributed by atoms with E-state index in [0.717, 1.165) is 29.2 Å². The van der Waals surface area contributed by atoms with Crippen molar-refractivity contribution in [3.63, 3.8) is 0 Å². The molecule has 0 radical (unpaired) electrons. The molecule has 3 aliphatic heterocycles. The number of amides is 1. The van der Waals surface area contributed by atoms with Gasteiger partial charge in [-0.15, -0.1) is 11.8 Å². The van der Waals surface area contributed by atoms with E-state index in [1.807, 2.05) is 32.9 Å². The Labute approximate surface area is 185 Å². The molecule has 1 fully saturated rings. The summed E-state index contributed by atoms with van der Waals surface area (Å²) in [6, 6.07) is 8.13. The highest BCUT2D eigenvalue weighted by Gasteiger charge is 2.45. The Balaban J connectivity index is 1.55. The fraction of sp³-hybridized carbons (Fsp3) is 0.458. The summed E-state index contributed by atoms with van der Waals surface area (Å²) < 4.78 is 34.7. The van der Waals surface area contributed by atoms with Gasteiger partial charge in [-0.25, -0.2) is 13.6 Å². The fourth-order valence-corrected chi connectivity index (χ4v) is 6.15. The number of likely N-dealkylation sites (tertiary alicyclic amines) is 1. The van der Waals surface area contributed by atoms with Gasteiger partial charge < -0.3 is 14.5 Å². The minimum Gasteiger partial charge on any atom is -0.444 e. The molecule has 2 aromatic rings. The zero-order valence-corrected chi connectivity index (χ0v) is 18.8. The minimum absolute atomic E-state index is 0.0162. The van der Waals surface area contributed by atoms with Gasteiger partial charge >= 0.3 is 6.09 Å². The van der Waals surface area contributed by atoms with Gasteiger partial charge in [0.05, 0.1) is 11.3 Å². The van der Waals surface area contributed by atoms with Crippen molar-refractivity contribution in [1.82, 2.24) is 4.90 Å². The number of piperidine rings is 1. The summed E-state index contributed by atoms with van der Waals surface area (Å²) in [7, 11) is 0. The summed E-state index contributed by atoms with van der Waals surface area (Å²) in [5.74, 6) is -0.0745. The molecule has 31 heavy (non-hydrogen) atoms. The summed E-state index contributed by atoms with van der Waals surface area (Å²) in [5.41, 5.74) is 2.30. The number of nitrogens with zero attached hydrogens (tertiary/aromatic N) is 2.